The van der Waals surface area contributed by atoms with E-state index in [1.165, 1.54) is 0 Å². The van der Waals surface area contributed by atoms with Crippen LogP contribution in [0.15, 0.2) is 10.5 Å². The lowest BCUT2D eigenvalue weighted by atomic mass is 10.1. The molecule has 108 valence electrons. The average molecular weight is 277 g/mol. The first kappa shape index (κ1) is 14.3. The van der Waals surface area contributed by atoms with Gasteiger partial charge >= 0.3 is 5.97 Å². The Kier molecular flexibility index (Phi) is 3.92. The van der Waals surface area contributed by atoms with E-state index in [0.717, 1.165) is 12.1 Å². The van der Waals surface area contributed by atoms with Gasteiger partial charge in [0.05, 0.1) is 11.4 Å². The number of carboxylic acids is 1. The first-order valence-corrected chi connectivity index (χ1v) is 6.68. The van der Waals surface area contributed by atoms with E-state index < -0.39 is 5.97 Å². The Hall–Kier alpha value is -2.11. The van der Waals surface area contributed by atoms with E-state index in [9.17, 15) is 9.90 Å². The molecular weight excluding hydrogens is 258 g/mol. The fourth-order valence-electron chi connectivity index (χ4n) is 2.05. The molecule has 0 aromatic carbocycles. The molecule has 0 aliphatic rings. The molecule has 0 saturated heterocycles. The molecule has 2 heterocycles. The molecule has 2 aromatic heterocycles. The van der Waals surface area contributed by atoms with Gasteiger partial charge in [0.25, 0.3) is 0 Å². The number of nitrogens with zero attached hydrogens (tertiary/aromatic N) is 3. The Bertz CT molecular complexity index is 626. The van der Waals surface area contributed by atoms with Gasteiger partial charge < -0.3 is 9.52 Å². The minimum absolute atomic E-state index is 0.0760. The lowest BCUT2D eigenvalue weighted by molar-refractivity contribution is 0.0661. The standard InChI is InChI=1S/C14H19N3O3/c1-5-9-7-11(17(4)16-9)13-15-10(6-8(2)3)12(20-13)14(18)19/h7-8H,5-6H2,1-4H3,(H,18,19). The molecule has 0 spiro atoms. The van der Waals surface area contributed by atoms with Crippen LogP contribution in [0, 0.1) is 5.92 Å². The number of oxazole rings is 1. The predicted octanol–water partition coefficient (Wildman–Crippen LogP) is 2.53. The summed E-state index contributed by atoms with van der Waals surface area (Å²) in [6.07, 6.45) is 1.38. The van der Waals surface area contributed by atoms with Crippen LogP contribution in [0.5, 0.6) is 0 Å². The summed E-state index contributed by atoms with van der Waals surface area (Å²) < 4.78 is 7.09. The molecule has 2 aromatic rings. The molecule has 0 atom stereocenters. The van der Waals surface area contributed by atoms with Crippen molar-refractivity contribution < 1.29 is 14.3 Å². The summed E-state index contributed by atoms with van der Waals surface area (Å²) in [4.78, 5) is 15.6. The van der Waals surface area contributed by atoms with Crippen LogP contribution in [0.25, 0.3) is 11.6 Å². The number of aromatic nitrogens is 3. The van der Waals surface area contributed by atoms with E-state index >= 15 is 0 Å². The van der Waals surface area contributed by atoms with Crippen molar-refractivity contribution in [3.8, 4) is 11.6 Å². The monoisotopic (exact) mass is 277 g/mol. The SMILES string of the molecule is CCc1cc(-c2nc(CC(C)C)c(C(=O)O)o2)n(C)n1. The van der Waals surface area contributed by atoms with Crippen molar-refractivity contribution >= 4 is 5.97 Å². The highest BCUT2D eigenvalue weighted by molar-refractivity contribution is 5.86. The van der Waals surface area contributed by atoms with Crippen molar-refractivity contribution in [3.63, 3.8) is 0 Å². The highest BCUT2D eigenvalue weighted by Crippen LogP contribution is 2.24. The topological polar surface area (TPSA) is 81.1 Å². The molecule has 0 aliphatic carbocycles. The number of hydrogen-bond donors (Lipinski definition) is 1. The van der Waals surface area contributed by atoms with Crippen LogP contribution in [0.2, 0.25) is 0 Å². The summed E-state index contributed by atoms with van der Waals surface area (Å²) in [5.74, 6) is -0.540. The van der Waals surface area contributed by atoms with E-state index in [4.69, 9.17) is 4.42 Å². The molecule has 6 nitrogen and oxygen atoms in total. The highest BCUT2D eigenvalue weighted by atomic mass is 16.4. The first-order chi connectivity index (χ1) is 9.42. The van der Waals surface area contributed by atoms with Crippen LogP contribution in [0.3, 0.4) is 0 Å². The maximum Gasteiger partial charge on any atom is 0.373 e. The molecule has 0 aliphatic heterocycles. The van der Waals surface area contributed by atoms with E-state index in [2.05, 4.69) is 10.1 Å². The lowest BCUT2D eigenvalue weighted by Crippen LogP contribution is -2.03. The minimum atomic E-state index is -1.09. The van der Waals surface area contributed by atoms with Gasteiger partial charge in [-0.2, -0.15) is 5.10 Å². The lowest BCUT2D eigenvalue weighted by Gasteiger charge is -2.00. The third-order valence-electron chi connectivity index (χ3n) is 3.00. The van der Waals surface area contributed by atoms with Crippen LogP contribution >= 0.6 is 0 Å². The van der Waals surface area contributed by atoms with Crippen LogP contribution < -0.4 is 0 Å². The summed E-state index contributed by atoms with van der Waals surface area (Å²) in [6.45, 7) is 6.03. The number of carbonyl (C=O) groups is 1. The summed E-state index contributed by atoms with van der Waals surface area (Å²) in [5, 5.41) is 13.5. The predicted molar refractivity (Wildman–Crippen MR) is 73.6 cm³/mol. The fourth-order valence-corrected chi connectivity index (χ4v) is 2.05. The smallest absolute Gasteiger partial charge is 0.373 e. The van der Waals surface area contributed by atoms with Gasteiger partial charge in [0, 0.05) is 7.05 Å². The Morgan fingerprint density at radius 2 is 2.20 bits per heavy atom. The number of hydrogen-bond acceptors (Lipinski definition) is 4. The van der Waals surface area contributed by atoms with E-state index in [1.54, 1.807) is 11.7 Å². The van der Waals surface area contributed by atoms with Gasteiger partial charge in [0.1, 0.15) is 5.69 Å². The van der Waals surface area contributed by atoms with Crippen molar-refractivity contribution in [2.24, 2.45) is 13.0 Å². The Labute approximate surface area is 117 Å². The Morgan fingerprint density at radius 1 is 1.50 bits per heavy atom. The van der Waals surface area contributed by atoms with Gasteiger partial charge in [-0.05, 0) is 24.8 Å². The zero-order chi connectivity index (χ0) is 14.9. The summed E-state index contributed by atoms with van der Waals surface area (Å²) in [7, 11) is 1.79. The molecule has 0 fully saturated rings. The summed E-state index contributed by atoms with van der Waals surface area (Å²) >= 11 is 0. The van der Waals surface area contributed by atoms with Gasteiger partial charge in [-0.1, -0.05) is 20.8 Å². The van der Waals surface area contributed by atoms with Crippen LogP contribution in [0.4, 0.5) is 0 Å². The molecule has 6 heteroatoms. The largest absolute Gasteiger partial charge is 0.475 e. The summed E-state index contributed by atoms with van der Waals surface area (Å²) in [6, 6.07) is 1.87. The van der Waals surface area contributed by atoms with Crippen molar-refractivity contribution in [1.29, 1.82) is 0 Å². The molecular formula is C14H19N3O3. The van der Waals surface area contributed by atoms with Crippen molar-refractivity contribution in [3.05, 3.63) is 23.2 Å². The quantitative estimate of drug-likeness (QED) is 0.908. The molecule has 1 N–H and O–H groups in total. The minimum Gasteiger partial charge on any atom is -0.475 e. The number of aryl methyl sites for hydroxylation is 2. The maximum absolute atomic E-state index is 11.2. The second kappa shape index (κ2) is 5.48. The maximum atomic E-state index is 11.2. The average Bonchev–Trinajstić information content (AvgIpc) is 2.92. The van der Waals surface area contributed by atoms with Crippen molar-refractivity contribution in [2.45, 2.75) is 33.6 Å². The van der Waals surface area contributed by atoms with E-state index in [0.29, 0.717) is 29.6 Å². The molecule has 0 amide bonds. The van der Waals surface area contributed by atoms with E-state index in [1.807, 2.05) is 26.8 Å². The van der Waals surface area contributed by atoms with Crippen LogP contribution in [0.1, 0.15) is 42.7 Å². The van der Waals surface area contributed by atoms with Crippen molar-refractivity contribution in [1.82, 2.24) is 14.8 Å². The van der Waals surface area contributed by atoms with Gasteiger partial charge in [-0.3, -0.25) is 4.68 Å². The van der Waals surface area contributed by atoms with Gasteiger partial charge in [-0.25, -0.2) is 9.78 Å². The third kappa shape index (κ3) is 2.74. The number of carboxylic acid groups (broad SMARTS) is 1. The third-order valence-corrected chi connectivity index (χ3v) is 3.00. The number of rotatable bonds is 5. The van der Waals surface area contributed by atoms with Crippen LogP contribution in [-0.4, -0.2) is 25.8 Å². The number of aromatic carboxylic acids is 1. The summed E-state index contributed by atoms with van der Waals surface area (Å²) in [5.41, 5.74) is 2.10. The van der Waals surface area contributed by atoms with Gasteiger partial charge in [0.2, 0.25) is 11.7 Å². The van der Waals surface area contributed by atoms with Crippen molar-refractivity contribution in [2.75, 3.05) is 0 Å². The second-order valence-electron chi connectivity index (χ2n) is 5.20. The van der Waals surface area contributed by atoms with E-state index in [-0.39, 0.29) is 5.76 Å². The Balaban J connectivity index is 2.46. The zero-order valence-electron chi connectivity index (χ0n) is 12.2. The molecule has 0 bridgehead atoms. The molecule has 20 heavy (non-hydrogen) atoms. The zero-order valence-corrected chi connectivity index (χ0v) is 12.2. The second-order valence-corrected chi connectivity index (χ2v) is 5.20. The normalized spacial score (nSPS) is 11.2. The highest BCUT2D eigenvalue weighted by Gasteiger charge is 2.22. The molecule has 0 saturated carbocycles. The fraction of sp³-hybridized carbons (Fsp3) is 0.500. The molecule has 2 rings (SSSR count). The van der Waals surface area contributed by atoms with Crippen LogP contribution in [-0.2, 0) is 19.9 Å². The first-order valence-electron chi connectivity index (χ1n) is 6.68. The Morgan fingerprint density at radius 3 is 2.70 bits per heavy atom. The molecule has 0 radical (unpaired) electrons. The van der Waals surface area contributed by atoms with Gasteiger partial charge in [0.15, 0.2) is 0 Å². The molecule has 0 unspecified atom stereocenters. The van der Waals surface area contributed by atoms with Gasteiger partial charge in [-0.15, -0.1) is 0 Å².